The summed E-state index contributed by atoms with van der Waals surface area (Å²) in [5.41, 5.74) is -0.336. The van der Waals surface area contributed by atoms with E-state index in [1.807, 2.05) is 0 Å². The molecule has 0 saturated heterocycles. The molecule has 2 unspecified atom stereocenters. The molecule has 0 spiro atoms. The van der Waals surface area contributed by atoms with Crippen molar-refractivity contribution in [1.82, 2.24) is 0 Å². The summed E-state index contributed by atoms with van der Waals surface area (Å²) in [5, 5.41) is 10.8. The van der Waals surface area contributed by atoms with Gasteiger partial charge in [-0.25, -0.2) is 0 Å². The third kappa shape index (κ3) is 2.13. The molecule has 0 radical (unpaired) electrons. The average molecular weight is 224 g/mol. The van der Waals surface area contributed by atoms with E-state index in [0.29, 0.717) is 11.3 Å². The summed E-state index contributed by atoms with van der Waals surface area (Å²) < 4.78 is 5.67. The van der Waals surface area contributed by atoms with Crippen molar-refractivity contribution >= 4 is 0 Å². The molecular weight excluding hydrogens is 200 g/mol. The zero-order valence-electron chi connectivity index (χ0n) is 10.8. The van der Waals surface area contributed by atoms with Gasteiger partial charge in [0.1, 0.15) is 11.4 Å². The zero-order valence-corrected chi connectivity index (χ0v) is 10.8. The second-order valence-electron chi connectivity index (χ2n) is 6.25. The molecule has 0 amide bonds. The molecule has 2 rings (SSSR count). The van der Waals surface area contributed by atoms with Crippen LogP contribution in [-0.4, -0.2) is 17.3 Å². The van der Waals surface area contributed by atoms with Gasteiger partial charge in [0.2, 0.25) is 0 Å². The van der Waals surface area contributed by atoms with Crippen molar-refractivity contribution in [3.8, 4) is 0 Å². The summed E-state index contributed by atoms with van der Waals surface area (Å²) in [5.74, 6) is 1.14. The van der Waals surface area contributed by atoms with Crippen molar-refractivity contribution in [2.24, 2.45) is 11.3 Å². The van der Waals surface area contributed by atoms with Crippen LogP contribution >= 0.6 is 0 Å². The Morgan fingerprint density at radius 3 is 2.69 bits per heavy atom. The smallest absolute Gasteiger partial charge is 0.124 e. The second-order valence-corrected chi connectivity index (χ2v) is 6.25. The molecular formula is C14H24O2. The summed E-state index contributed by atoms with van der Waals surface area (Å²) in [6.07, 6.45) is 7.22. The first-order valence-corrected chi connectivity index (χ1v) is 6.50. The third-order valence-electron chi connectivity index (χ3n) is 4.22. The van der Waals surface area contributed by atoms with Crippen LogP contribution in [-0.2, 0) is 4.74 Å². The van der Waals surface area contributed by atoms with Crippen LogP contribution in [0.15, 0.2) is 11.8 Å². The average Bonchev–Trinajstić information content (AvgIpc) is 2.25. The highest BCUT2D eigenvalue weighted by atomic mass is 16.5. The molecule has 16 heavy (non-hydrogen) atoms. The van der Waals surface area contributed by atoms with Crippen LogP contribution in [0.2, 0.25) is 0 Å². The van der Waals surface area contributed by atoms with Crippen LogP contribution < -0.4 is 0 Å². The highest BCUT2D eigenvalue weighted by molar-refractivity contribution is 5.16. The maximum absolute atomic E-state index is 10.8. The van der Waals surface area contributed by atoms with E-state index < -0.39 is 5.60 Å². The van der Waals surface area contributed by atoms with E-state index in [4.69, 9.17) is 4.74 Å². The van der Waals surface area contributed by atoms with E-state index in [9.17, 15) is 5.11 Å². The molecule has 2 atom stereocenters. The Hall–Kier alpha value is -0.500. The predicted octanol–water partition coefficient (Wildman–Crippen LogP) is 3.26. The minimum atomic E-state index is -0.698. The van der Waals surface area contributed by atoms with Gasteiger partial charge < -0.3 is 9.84 Å². The van der Waals surface area contributed by atoms with E-state index in [2.05, 4.69) is 26.8 Å². The molecule has 0 aromatic heterocycles. The highest BCUT2D eigenvalue weighted by Gasteiger charge is 2.46. The lowest BCUT2D eigenvalue weighted by Crippen LogP contribution is -2.46. The van der Waals surface area contributed by atoms with Crippen LogP contribution in [0, 0.1) is 11.3 Å². The lowest BCUT2D eigenvalue weighted by Gasteiger charge is -2.46. The molecule has 0 aromatic rings. The Labute approximate surface area is 98.7 Å². The Bertz CT molecular complexity index is 293. The fourth-order valence-electron chi connectivity index (χ4n) is 3.10. The van der Waals surface area contributed by atoms with Crippen LogP contribution in [0.1, 0.15) is 52.9 Å². The lowest BCUT2D eigenvalue weighted by molar-refractivity contribution is -0.0816. The molecule has 1 aliphatic carbocycles. The summed E-state index contributed by atoms with van der Waals surface area (Å²) in [6.45, 7) is 7.50. The largest absolute Gasteiger partial charge is 0.495 e. The SMILES string of the molecule is CC1CC(C)(C)CCC1(O)C1=CCCCO1. The minimum absolute atomic E-state index is 0.292. The van der Waals surface area contributed by atoms with Gasteiger partial charge in [-0.2, -0.15) is 0 Å². The third-order valence-corrected chi connectivity index (χ3v) is 4.22. The van der Waals surface area contributed by atoms with Crippen molar-refractivity contribution in [1.29, 1.82) is 0 Å². The normalized spacial score (nSPS) is 38.8. The van der Waals surface area contributed by atoms with Gasteiger partial charge in [-0.3, -0.25) is 0 Å². The number of hydrogen-bond acceptors (Lipinski definition) is 2. The van der Waals surface area contributed by atoms with Crippen molar-refractivity contribution in [3.63, 3.8) is 0 Å². The quantitative estimate of drug-likeness (QED) is 0.741. The van der Waals surface area contributed by atoms with Gasteiger partial charge in [0, 0.05) is 0 Å². The first kappa shape index (κ1) is 12.0. The van der Waals surface area contributed by atoms with Crippen LogP contribution in [0.5, 0.6) is 0 Å². The van der Waals surface area contributed by atoms with Crippen molar-refractivity contribution < 1.29 is 9.84 Å². The number of allylic oxidation sites excluding steroid dienone is 1. The Morgan fingerprint density at radius 2 is 2.12 bits per heavy atom. The summed E-state index contributed by atoms with van der Waals surface area (Å²) in [7, 11) is 0. The molecule has 1 fully saturated rings. The van der Waals surface area contributed by atoms with E-state index in [1.165, 1.54) is 0 Å². The van der Waals surface area contributed by atoms with Crippen molar-refractivity contribution in [2.45, 2.75) is 58.5 Å². The van der Waals surface area contributed by atoms with Crippen LogP contribution in [0.3, 0.4) is 0 Å². The highest BCUT2D eigenvalue weighted by Crippen LogP contribution is 2.47. The molecule has 92 valence electrons. The Balaban J connectivity index is 2.16. The number of hydrogen-bond donors (Lipinski definition) is 1. The molecule has 2 aliphatic rings. The van der Waals surface area contributed by atoms with Gasteiger partial charge in [0.15, 0.2) is 0 Å². The maximum atomic E-state index is 10.8. The van der Waals surface area contributed by atoms with E-state index in [1.54, 1.807) is 0 Å². The van der Waals surface area contributed by atoms with E-state index in [0.717, 1.165) is 44.5 Å². The molecule has 1 N–H and O–H groups in total. The van der Waals surface area contributed by atoms with E-state index >= 15 is 0 Å². The maximum Gasteiger partial charge on any atom is 0.124 e. The van der Waals surface area contributed by atoms with Gasteiger partial charge in [-0.05, 0) is 49.5 Å². The number of rotatable bonds is 1. The number of ether oxygens (including phenoxy) is 1. The standard InChI is InChI=1S/C14H24O2/c1-11-10-13(2,3)7-8-14(11,15)12-6-4-5-9-16-12/h6,11,15H,4-5,7-10H2,1-3H3. The fourth-order valence-corrected chi connectivity index (χ4v) is 3.10. The van der Waals surface area contributed by atoms with Gasteiger partial charge >= 0.3 is 0 Å². The molecule has 1 aliphatic heterocycles. The monoisotopic (exact) mass is 224 g/mol. The van der Waals surface area contributed by atoms with Crippen LogP contribution in [0.25, 0.3) is 0 Å². The predicted molar refractivity (Wildman–Crippen MR) is 65.0 cm³/mol. The minimum Gasteiger partial charge on any atom is -0.495 e. The first-order chi connectivity index (χ1) is 7.44. The molecule has 1 saturated carbocycles. The van der Waals surface area contributed by atoms with Crippen molar-refractivity contribution in [2.75, 3.05) is 6.61 Å². The Morgan fingerprint density at radius 1 is 1.38 bits per heavy atom. The fraction of sp³-hybridized carbons (Fsp3) is 0.857. The summed E-state index contributed by atoms with van der Waals surface area (Å²) in [6, 6.07) is 0. The van der Waals surface area contributed by atoms with Crippen LogP contribution in [0.4, 0.5) is 0 Å². The van der Waals surface area contributed by atoms with Gasteiger partial charge in [-0.15, -0.1) is 0 Å². The van der Waals surface area contributed by atoms with E-state index in [-0.39, 0.29) is 0 Å². The zero-order chi connectivity index (χ0) is 11.8. The second kappa shape index (κ2) is 4.06. The molecule has 2 nitrogen and oxygen atoms in total. The van der Waals surface area contributed by atoms with Gasteiger partial charge in [0.05, 0.1) is 6.61 Å². The Kier molecular flexibility index (Phi) is 3.04. The molecule has 1 heterocycles. The molecule has 0 bridgehead atoms. The topological polar surface area (TPSA) is 29.5 Å². The molecule has 0 aromatic carbocycles. The van der Waals surface area contributed by atoms with Gasteiger partial charge in [0.25, 0.3) is 0 Å². The van der Waals surface area contributed by atoms with Crippen molar-refractivity contribution in [3.05, 3.63) is 11.8 Å². The number of aliphatic hydroxyl groups is 1. The summed E-state index contributed by atoms with van der Waals surface area (Å²) >= 11 is 0. The van der Waals surface area contributed by atoms with Gasteiger partial charge in [-0.1, -0.05) is 20.8 Å². The lowest BCUT2D eigenvalue weighted by atomic mass is 9.64. The first-order valence-electron chi connectivity index (χ1n) is 6.50. The molecule has 2 heteroatoms. The summed E-state index contributed by atoms with van der Waals surface area (Å²) in [4.78, 5) is 0.